The van der Waals surface area contributed by atoms with Crippen LogP contribution in [0.5, 0.6) is 5.75 Å². The average molecular weight is 417 g/mol. The average Bonchev–Trinajstić information content (AvgIpc) is 3.05. The number of aryl methyl sites for hydroxylation is 1. The number of rotatable bonds is 6. The molecule has 0 aliphatic carbocycles. The Morgan fingerprint density at radius 1 is 1.28 bits per heavy atom. The summed E-state index contributed by atoms with van der Waals surface area (Å²) in [5.74, 6) is -0.525. The quantitative estimate of drug-likeness (QED) is 0.745. The van der Waals surface area contributed by atoms with Crippen molar-refractivity contribution >= 4 is 33.2 Å². The van der Waals surface area contributed by atoms with Gasteiger partial charge in [-0.2, -0.15) is 0 Å². The molecule has 0 saturated carbocycles. The highest BCUT2D eigenvalue weighted by atomic mass is 32.2. The highest BCUT2D eigenvalue weighted by Gasteiger charge is 2.36. The summed E-state index contributed by atoms with van der Waals surface area (Å²) >= 11 is 0. The first-order chi connectivity index (χ1) is 13.7. The SMILES string of the molecule is CCOc1ccccc1N1C[C@@H](C(=O)Nc2ccc(C)c(S(N)(=O)=O)c2)CC1=O. The van der Waals surface area contributed by atoms with Crippen LogP contribution in [0.2, 0.25) is 0 Å². The van der Waals surface area contributed by atoms with Crippen LogP contribution >= 0.6 is 0 Å². The number of primary sulfonamides is 1. The Morgan fingerprint density at radius 3 is 2.69 bits per heavy atom. The van der Waals surface area contributed by atoms with Crippen molar-refractivity contribution in [1.82, 2.24) is 0 Å². The van der Waals surface area contributed by atoms with E-state index in [1.54, 1.807) is 42.2 Å². The Labute approximate surface area is 169 Å². The van der Waals surface area contributed by atoms with Gasteiger partial charge in [0.25, 0.3) is 0 Å². The molecule has 0 aromatic heterocycles. The normalized spacial score (nSPS) is 16.7. The molecular weight excluding hydrogens is 394 g/mol. The van der Waals surface area contributed by atoms with Crippen LogP contribution in [0.4, 0.5) is 11.4 Å². The van der Waals surface area contributed by atoms with Gasteiger partial charge in [-0.15, -0.1) is 0 Å². The molecule has 1 atom stereocenters. The number of nitrogens with one attached hydrogen (secondary N) is 1. The highest BCUT2D eigenvalue weighted by Crippen LogP contribution is 2.33. The zero-order valence-corrected chi connectivity index (χ0v) is 17.0. The molecule has 3 N–H and O–H groups in total. The van der Waals surface area contributed by atoms with E-state index in [2.05, 4.69) is 5.32 Å². The minimum Gasteiger partial charge on any atom is -0.492 e. The first-order valence-corrected chi connectivity index (χ1v) is 10.7. The Morgan fingerprint density at radius 2 is 2.00 bits per heavy atom. The predicted molar refractivity (Wildman–Crippen MR) is 109 cm³/mol. The number of carbonyl (C=O) groups excluding carboxylic acids is 2. The van der Waals surface area contributed by atoms with E-state index < -0.39 is 15.9 Å². The fourth-order valence-corrected chi connectivity index (χ4v) is 4.11. The largest absolute Gasteiger partial charge is 0.492 e. The minimum atomic E-state index is -3.90. The van der Waals surface area contributed by atoms with E-state index in [0.717, 1.165) is 0 Å². The summed E-state index contributed by atoms with van der Waals surface area (Å²) in [5.41, 5.74) is 1.42. The number of carbonyl (C=O) groups is 2. The molecule has 1 heterocycles. The van der Waals surface area contributed by atoms with E-state index in [1.165, 1.54) is 6.07 Å². The van der Waals surface area contributed by atoms with E-state index >= 15 is 0 Å². The number of anilines is 2. The van der Waals surface area contributed by atoms with Crippen LogP contribution in [0.15, 0.2) is 47.4 Å². The van der Waals surface area contributed by atoms with Crippen LogP contribution in [0.3, 0.4) is 0 Å². The summed E-state index contributed by atoms with van der Waals surface area (Å²) < 4.78 is 28.9. The Balaban J connectivity index is 1.77. The first-order valence-electron chi connectivity index (χ1n) is 9.17. The molecule has 1 saturated heterocycles. The van der Waals surface area contributed by atoms with Crippen molar-refractivity contribution in [3.05, 3.63) is 48.0 Å². The molecule has 2 amide bonds. The number of para-hydroxylation sites is 2. The lowest BCUT2D eigenvalue weighted by Gasteiger charge is -2.20. The summed E-state index contributed by atoms with van der Waals surface area (Å²) in [5, 5.41) is 7.90. The lowest BCUT2D eigenvalue weighted by Crippen LogP contribution is -2.28. The van der Waals surface area contributed by atoms with Gasteiger partial charge in [0, 0.05) is 18.7 Å². The Hall–Kier alpha value is -2.91. The lowest BCUT2D eigenvalue weighted by molar-refractivity contribution is -0.122. The second-order valence-electron chi connectivity index (χ2n) is 6.82. The third kappa shape index (κ3) is 4.57. The highest BCUT2D eigenvalue weighted by molar-refractivity contribution is 7.89. The molecule has 1 fully saturated rings. The van der Waals surface area contributed by atoms with Gasteiger partial charge >= 0.3 is 0 Å². The summed E-state index contributed by atoms with van der Waals surface area (Å²) in [6.45, 7) is 4.15. The molecule has 0 radical (unpaired) electrons. The molecule has 2 aromatic rings. The van der Waals surface area contributed by atoms with Crippen molar-refractivity contribution in [2.24, 2.45) is 11.1 Å². The third-order valence-electron chi connectivity index (χ3n) is 4.71. The first kappa shape index (κ1) is 20.8. The number of benzene rings is 2. The molecule has 2 aromatic carbocycles. The number of amides is 2. The fourth-order valence-electron chi connectivity index (χ4n) is 3.30. The molecule has 29 heavy (non-hydrogen) atoms. The molecule has 0 unspecified atom stereocenters. The van der Waals surface area contributed by atoms with E-state index in [9.17, 15) is 18.0 Å². The monoisotopic (exact) mass is 417 g/mol. The van der Waals surface area contributed by atoms with E-state index in [1.807, 2.05) is 13.0 Å². The minimum absolute atomic E-state index is 0.0509. The number of nitrogens with two attached hydrogens (primary N) is 1. The van der Waals surface area contributed by atoms with Crippen LogP contribution in [0, 0.1) is 12.8 Å². The van der Waals surface area contributed by atoms with Crippen molar-refractivity contribution in [3.8, 4) is 5.75 Å². The van der Waals surface area contributed by atoms with Gasteiger partial charge in [-0.05, 0) is 43.7 Å². The van der Waals surface area contributed by atoms with E-state index in [4.69, 9.17) is 9.88 Å². The van der Waals surface area contributed by atoms with Crippen molar-refractivity contribution in [3.63, 3.8) is 0 Å². The van der Waals surface area contributed by atoms with Gasteiger partial charge < -0.3 is 15.0 Å². The molecule has 1 aliphatic rings. The zero-order valence-electron chi connectivity index (χ0n) is 16.2. The number of ether oxygens (including phenoxy) is 1. The maximum absolute atomic E-state index is 12.7. The van der Waals surface area contributed by atoms with Crippen LogP contribution in [-0.2, 0) is 19.6 Å². The fraction of sp³-hybridized carbons (Fsp3) is 0.300. The maximum Gasteiger partial charge on any atom is 0.238 e. The van der Waals surface area contributed by atoms with Crippen molar-refractivity contribution in [2.75, 3.05) is 23.4 Å². The summed E-state index contributed by atoms with van der Waals surface area (Å²) in [6.07, 6.45) is 0.0558. The topological polar surface area (TPSA) is 119 Å². The second-order valence-corrected chi connectivity index (χ2v) is 8.35. The Bertz CT molecular complexity index is 1050. The molecule has 154 valence electrons. The van der Waals surface area contributed by atoms with Gasteiger partial charge in [0.15, 0.2) is 0 Å². The molecule has 9 heteroatoms. The van der Waals surface area contributed by atoms with Crippen molar-refractivity contribution in [2.45, 2.75) is 25.2 Å². The molecular formula is C20H23N3O5S. The van der Waals surface area contributed by atoms with Crippen LogP contribution in [-0.4, -0.2) is 33.4 Å². The van der Waals surface area contributed by atoms with Gasteiger partial charge in [0.05, 0.1) is 23.1 Å². The van der Waals surface area contributed by atoms with Crippen molar-refractivity contribution < 1.29 is 22.7 Å². The van der Waals surface area contributed by atoms with Crippen LogP contribution in [0.25, 0.3) is 0 Å². The summed E-state index contributed by atoms with van der Waals surface area (Å²) in [6, 6.07) is 11.7. The molecule has 0 bridgehead atoms. The zero-order chi connectivity index (χ0) is 21.2. The molecule has 8 nitrogen and oxygen atoms in total. The van der Waals surface area contributed by atoms with Gasteiger partial charge in [0.1, 0.15) is 5.75 Å². The van der Waals surface area contributed by atoms with Crippen LogP contribution in [0.1, 0.15) is 18.9 Å². The third-order valence-corrected chi connectivity index (χ3v) is 5.77. The Kier molecular flexibility index (Phi) is 5.90. The van der Waals surface area contributed by atoms with Gasteiger partial charge in [-0.1, -0.05) is 18.2 Å². The van der Waals surface area contributed by atoms with Gasteiger partial charge in [-0.3, -0.25) is 9.59 Å². The number of sulfonamides is 1. The smallest absolute Gasteiger partial charge is 0.238 e. The standard InChI is InChI=1S/C20H23N3O5S/c1-3-28-17-7-5-4-6-16(17)23-12-14(10-19(23)24)20(25)22-15-9-8-13(2)18(11-15)29(21,26)27/h4-9,11,14H,3,10,12H2,1-2H3,(H,22,25)(H2,21,26,27)/t14-/m0/s1. The van der Waals surface area contributed by atoms with E-state index in [-0.39, 0.29) is 29.7 Å². The molecule has 3 rings (SSSR count). The number of nitrogens with zero attached hydrogens (tertiary/aromatic N) is 1. The number of hydrogen-bond donors (Lipinski definition) is 2. The second kappa shape index (κ2) is 8.22. The summed E-state index contributed by atoms with van der Waals surface area (Å²) in [4.78, 5) is 26.7. The van der Waals surface area contributed by atoms with Gasteiger partial charge in [0.2, 0.25) is 21.8 Å². The van der Waals surface area contributed by atoms with Crippen molar-refractivity contribution in [1.29, 1.82) is 0 Å². The summed E-state index contributed by atoms with van der Waals surface area (Å²) in [7, 11) is -3.90. The van der Waals surface area contributed by atoms with E-state index in [0.29, 0.717) is 29.3 Å². The molecule has 1 aliphatic heterocycles. The number of hydrogen-bond acceptors (Lipinski definition) is 5. The maximum atomic E-state index is 12.7. The molecule has 0 spiro atoms. The lowest BCUT2D eigenvalue weighted by atomic mass is 10.1. The predicted octanol–water partition coefficient (Wildman–Crippen LogP) is 2.03. The van der Waals surface area contributed by atoms with Gasteiger partial charge in [-0.25, -0.2) is 13.6 Å². The van der Waals surface area contributed by atoms with Crippen LogP contribution < -0.4 is 20.1 Å².